The number of nitrogens with zero attached hydrogens (tertiary/aromatic N) is 2. The van der Waals surface area contributed by atoms with E-state index in [0.29, 0.717) is 0 Å². The Hall–Kier alpha value is -0.820. The summed E-state index contributed by atoms with van der Waals surface area (Å²) in [5.41, 5.74) is 5.14. The highest BCUT2D eigenvalue weighted by atomic mass is 32.2. The summed E-state index contributed by atoms with van der Waals surface area (Å²) in [5, 5.41) is 10.9. The van der Waals surface area contributed by atoms with E-state index in [2.05, 4.69) is 5.16 Å². The molecule has 0 saturated heterocycles. The van der Waals surface area contributed by atoms with Crippen LogP contribution < -0.4 is 5.73 Å². The third-order valence-electron chi connectivity index (χ3n) is 1.38. The van der Waals surface area contributed by atoms with Crippen molar-refractivity contribution in [3.05, 3.63) is 0 Å². The molecule has 0 unspecified atom stereocenters. The van der Waals surface area contributed by atoms with Gasteiger partial charge in [0.1, 0.15) is 5.84 Å². The van der Waals surface area contributed by atoms with E-state index in [1.54, 1.807) is 0 Å². The number of nitrogens with two attached hydrogens (primary N) is 1. The van der Waals surface area contributed by atoms with Gasteiger partial charge < -0.3 is 10.9 Å². The van der Waals surface area contributed by atoms with Gasteiger partial charge in [-0.25, -0.2) is 12.7 Å². The van der Waals surface area contributed by atoms with Crippen LogP contribution in [0.4, 0.5) is 0 Å². The number of oxime groups is 1. The first-order valence-corrected chi connectivity index (χ1v) is 5.10. The zero-order valence-electron chi connectivity index (χ0n) is 7.06. The van der Waals surface area contributed by atoms with E-state index >= 15 is 0 Å². The van der Waals surface area contributed by atoms with E-state index in [1.807, 2.05) is 0 Å². The van der Waals surface area contributed by atoms with E-state index in [-0.39, 0.29) is 18.8 Å². The average Bonchev–Trinajstić information content (AvgIpc) is 1.97. The minimum absolute atomic E-state index is 0.0190. The molecule has 0 fully saturated rings. The van der Waals surface area contributed by atoms with Crippen LogP contribution in [0.25, 0.3) is 0 Å². The van der Waals surface area contributed by atoms with Crippen molar-refractivity contribution in [2.75, 3.05) is 19.8 Å². The summed E-state index contributed by atoms with van der Waals surface area (Å²) in [6.07, 6.45) is 1.32. The van der Waals surface area contributed by atoms with Gasteiger partial charge in [-0.2, -0.15) is 0 Å². The lowest BCUT2D eigenvalue weighted by molar-refractivity contribution is 0.316. The molecule has 72 valence electrons. The highest BCUT2D eigenvalue weighted by Gasteiger charge is 2.10. The van der Waals surface area contributed by atoms with Gasteiger partial charge in [-0.15, -0.1) is 0 Å². The van der Waals surface area contributed by atoms with Crippen LogP contribution >= 0.6 is 0 Å². The molecule has 6 nitrogen and oxygen atoms in total. The summed E-state index contributed by atoms with van der Waals surface area (Å²) in [4.78, 5) is 0. The minimum atomic E-state index is -3.17. The Morgan fingerprint density at radius 2 is 2.17 bits per heavy atom. The molecule has 0 rings (SSSR count). The molecule has 7 heteroatoms. The zero-order chi connectivity index (χ0) is 9.78. The van der Waals surface area contributed by atoms with Gasteiger partial charge in [-0.3, -0.25) is 0 Å². The molecule has 0 aromatic carbocycles. The van der Waals surface area contributed by atoms with Gasteiger partial charge in [0.2, 0.25) is 10.0 Å². The predicted molar refractivity (Wildman–Crippen MR) is 45.5 cm³/mol. The molecule has 0 aliphatic heterocycles. The Morgan fingerprint density at radius 1 is 1.67 bits per heavy atom. The van der Waals surface area contributed by atoms with Crippen LogP contribution in [-0.4, -0.2) is 43.6 Å². The molecule has 0 saturated carbocycles. The summed E-state index contributed by atoms with van der Waals surface area (Å²) in [5.74, 6) is 0.0190. The Bertz CT molecular complexity index is 259. The number of amidine groups is 1. The van der Waals surface area contributed by atoms with Crippen LogP contribution in [0.1, 0.15) is 6.42 Å². The van der Waals surface area contributed by atoms with Crippen LogP contribution in [0.5, 0.6) is 0 Å². The quantitative estimate of drug-likeness (QED) is 0.261. The van der Waals surface area contributed by atoms with Crippen molar-refractivity contribution < 1.29 is 13.6 Å². The number of hydrogen-bond donors (Lipinski definition) is 2. The van der Waals surface area contributed by atoms with Gasteiger partial charge in [-0.1, -0.05) is 5.16 Å². The topological polar surface area (TPSA) is 96.0 Å². The highest BCUT2D eigenvalue weighted by molar-refractivity contribution is 7.88. The summed E-state index contributed by atoms with van der Waals surface area (Å²) < 4.78 is 22.8. The molecule has 0 aromatic rings. The smallest absolute Gasteiger partial charge is 0.210 e. The van der Waals surface area contributed by atoms with Gasteiger partial charge >= 0.3 is 0 Å². The van der Waals surface area contributed by atoms with Crippen molar-refractivity contribution in [2.45, 2.75) is 6.42 Å². The van der Waals surface area contributed by atoms with E-state index in [1.165, 1.54) is 7.05 Å². The van der Waals surface area contributed by atoms with E-state index in [4.69, 9.17) is 10.9 Å². The molecular formula is C5H13N3O3S. The second kappa shape index (κ2) is 4.27. The SMILES string of the molecule is CN(CC/C(N)=N/O)S(C)(=O)=O. The van der Waals surface area contributed by atoms with Gasteiger partial charge in [0.05, 0.1) is 6.26 Å². The van der Waals surface area contributed by atoms with Crippen molar-refractivity contribution in [1.29, 1.82) is 0 Å². The number of rotatable bonds is 4. The van der Waals surface area contributed by atoms with Crippen LogP contribution in [0.3, 0.4) is 0 Å². The van der Waals surface area contributed by atoms with Crippen LogP contribution in [0, 0.1) is 0 Å². The normalized spacial score (nSPS) is 13.8. The molecule has 0 atom stereocenters. The van der Waals surface area contributed by atoms with E-state index in [0.717, 1.165) is 10.6 Å². The van der Waals surface area contributed by atoms with E-state index in [9.17, 15) is 8.42 Å². The molecule has 0 aliphatic carbocycles. The number of sulfonamides is 1. The lowest BCUT2D eigenvalue weighted by Crippen LogP contribution is -2.29. The third-order valence-corrected chi connectivity index (χ3v) is 2.69. The maximum atomic E-state index is 10.8. The molecule has 0 heterocycles. The van der Waals surface area contributed by atoms with Gasteiger partial charge in [-0.05, 0) is 0 Å². The Morgan fingerprint density at radius 3 is 2.50 bits per heavy atom. The molecule has 0 amide bonds. The molecule has 0 aliphatic rings. The molecule has 12 heavy (non-hydrogen) atoms. The summed E-state index contributed by atoms with van der Waals surface area (Å²) in [6, 6.07) is 0. The molecule has 0 radical (unpaired) electrons. The van der Waals surface area contributed by atoms with E-state index < -0.39 is 10.0 Å². The Kier molecular flexibility index (Phi) is 3.98. The molecular weight excluding hydrogens is 182 g/mol. The monoisotopic (exact) mass is 195 g/mol. The fourth-order valence-corrected chi connectivity index (χ4v) is 0.911. The standard InChI is InChI=1S/C5H13N3O3S/c1-8(12(2,10)11)4-3-5(6)7-9/h9H,3-4H2,1-2H3,(H2,6,7). The second-order valence-electron chi connectivity index (χ2n) is 2.43. The zero-order valence-corrected chi connectivity index (χ0v) is 7.87. The Balaban J connectivity index is 3.97. The minimum Gasteiger partial charge on any atom is -0.409 e. The fraction of sp³-hybridized carbons (Fsp3) is 0.800. The molecule has 0 aromatic heterocycles. The lowest BCUT2D eigenvalue weighted by atomic mass is 10.4. The fourth-order valence-electron chi connectivity index (χ4n) is 0.488. The summed E-state index contributed by atoms with van der Waals surface area (Å²) in [6.45, 7) is 0.217. The van der Waals surface area contributed by atoms with Gasteiger partial charge in [0.25, 0.3) is 0 Å². The van der Waals surface area contributed by atoms with Crippen LogP contribution in [0.2, 0.25) is 0 Å². The Labute approximate surface area is 71.7 Å². The van der Waals surface area contributed by atoms with Crippen molar-refractivity contribution in [3.8, 4) is 0 Å². The second-order valence-corrected chi connectivity index (χ2v) is 4.52. The average molecular weight is 195 g/mol. The van der Waals surface area contributed by atoms with Crippen molar-refractivity contribution in [1.82, 2.24) is 4.31 Å². The highest BCUT2D eigenvalue weighted by Crippen LogP contribution is 1.94. The van der Waals surface area contributed by atoms with Crippen LogP contribution in [-0.2, 0) is 10.0 Å². The maximum absolute atomic E-state index is 10.8. The first-order valence-electron chi connectivity index (χ1n) is 3.25. The number of hydrogen-bond acceptors (Lipinski definition) is 4. The molecule has 0 spiro atoms. The summed E-state index contributed by atoms with van der Waals surface area (Å²) >= 11 is 0. The summed E-state index contributed by atoms with van der Waals surface area (Å²) in [7, 11) is -1.74. The third kappa shape index (κ3) is 4.14. The first-order chi connectivity index (χ1) is 5.38. The predicted octanol–water partition coefficient (Wildman–Crippen LogP) is -0.986. The lowest BCUT2D eigenvalue weighted by Gasteiger charge is -2.12. The molecule has 3 N–H and O–H groups in total. The van der Waals surface area contributed by atoms with Gasteiger partial charge in [0, 0.05) is 20.0 Å². The van der Waals surface area contributed by atoms with Crippen LogP contribution in [0.15, 0.2) is 5.16 Å². The molecule has 0 bridgehead atoms. The van der Waals surface area contributed by atoms with Crippen molar-refractivity contribution >= 4 is 15.9 Å². The van der Waals surface area contributed by atoms with Crippen molar-refractivity contribution in [3.63, 3.8) is 0 Å². The maximum Gasteiger partial charge on any atom is 0.210 e. The largest absolute Gasteiger partial charge is 0.409 e. The first kappa shape index (κ1) is 11.2. The van der Waals surface area contributed by atoms with Crippen molar-refractivity contribution in [2.24, 2.45) is 10.9 Å². The van der Waals surface area contributed by atoms with Gasteiger partial charge in [0.15, 0.2) is 0 Å².